The van der Waals surface area contributed by atoms with Crippen LogP contribution in [0.4, 0.5) is 0 Å². The first-order valence-corrected chi connectivity index (χ1v) is 9.67. The van der Waals surface area contributed by atoms with Crippen LogP contribution < -0.4 is 14.2 Å². The van der Waals surface area contributed by atoms with Gasteiger partial charge < -0.3 is 14.2 Å². The molecule has 0 bridgehead atoms. The van der Waals surface area contributed by atoms with Gasteiger partial charge in [-0.3, -0.25) is 4.79 Å². The number of methoxy groups -OCH3 is 3. The van der Waals surface area contributed by atoms with Crippen molar-refractivity contribution in [3.8, 4) is 17.2 Å². The van der Waals surface area contributed by atoms with E-state index in [1.54, 1.807) is 21.3 Å². The minimum absolute atomic E-state index is 0.0796. The van der Waals surface area contributed by atoms with Gasteiger partial charge in [-0.25, -0.2) is 0 Å². The molecule has 4 nitrogen and oxygen atoms in total. The zero-order valence-electron chi connectivity index (χ0n) is 16.0. The van der Waals surface area contributed by atoms with E-state index in [2.05, 4.69) is 28.9 Å². The van der Waals surface area contributed by atoms with Crippen LogP contribution >= 0.6 is 15.9 Å². The summed E-state index contributed by atoms with van der Waals surface area (Å²) >= 11 is 3.59. The second-order valence-electron chi connectivity index (χ2n) is 6.44. The molecule has 0 aliphatic heterocycles. The van der Waals surface area contributed by atoms with Crippen molar-refractivity contribution in [3.05, 3.63) is 57.1 Å². The van der Waals surface area contributed by atoms with Crippen molar-refractivity contribution in [2.24, 2.45) is 0 Å². The Morgan fingerprint density at radius 3 is 2.44 bits per heavy atom. The monoisotopic (exact) mass is 430 g/mol. The third kappa shape index (κ3) is 3.48. The van der Waals surface area contributed by atoms with Crippen molar-refractivity contribution in [1.82, 2.24) is 0 Å². The van der Waals surface area contributed by atoms with Crippen molar-refractivity contribution in [2.75, 3.05) is 21.3 Å². The lowest BCUT2D eigenvalue weighted by Gasteiger charge is -2.26. The Bertz CT molecular complexity index is 901. The predicted molar refractivity (Wildman–Crippen MR) is 110 cm³/mol. The molecule has 1 atom stereocenters. The second kappa shape index (κ2) is 8.17. The number of Topliss-reactive ketones (excluding diaryl/α,β-unsaturated/α-hetero) is 1. The summed E-state index contributed by atoms with van der Waals surface area (Å²) in [6, 6.07) is 9.75. The third-order valence-electron chi connectivity index (χ3n) is 5.02. The number of halogens is 1. The van der Waals surface area contributed by atoms with Crippen LogP contribution in [0.3, 0.4) is 0 Å². The summed E-state index contributed by atoms with van der Waals surface area (Å²) < 4.78 is 17.1. The molecule has 0 fully saturated rings. The lowest BCUT2D eigenvalue weighted by Crippen LogP contribution is -2.18. The van der Waals surface area contributed by atoms with Gasteiger partial charge in [0.2, 0.25) is 5.75 Å². The van der Waals surface area contributed by atoms with Gasteiger partial charge >= 0.3 is 0 Å². The topological polar surface area (TPSA) is 44.8 Å². The molecule has 0 heterocycles. The SMILES string of the molecule is CCC1C/C(=C\c2cc(OC)c(OC)c(OC)c2Br)C(=O)c2ccccc21. The zero-order valence-corrected chi connectivity index (χ0v) is 17.6. The average molecular weight is 431 g/mol. The molecule has 1 aliphatic carbocycles. The number of fused-ring (bicyclic) bond motifs is 1. The van der Waals surface area contributed by atoms with E-state index in [1.165, 1.54) is 0 Å². The first kappa shape index (κ1) is 19.5. The second-order valence-corrected chi connectivity index (χ2v) is 7.24. The summed E-state index contributed by atoms with van der Waals surface area (Å²) in [5.41, 5.74) is 3.55. The highest BCUT2D eigenvalue weighted by atomic mass is 79.9. The van der Waals surface area contributed by atoms with Crippen LogP contribution in [0.5, 0.6) is 17.2 Å². The van der Waals surface area contributed by atoms with E-state index in [1.807, 2.05) is 30.3 Å². The summed E-state index contributed by atoms with van der Waals surface area (Å²) in [6.45, 7) is 2.16. The fraction of sp³-hybridized carbons (Fsp3) is 0.318. The Balaban J connectivity index is 2.13. The van der Waals surface area contributed by atoms with E-state index in [-0.39, 0.29) is 5.78 Å². The van der Waals surface area contributed by atoms with E-state index in [0.717, 1.165) is 39.6 Å². The summed E-state index contributed by atoms with van der Waals surface area (Å²) in [6.07, 6.45) is 3.63. The van der Waals surface area contributed by atoms with Gasteiger partial charge in [-0.05, 0) is 58.0 Å². The quantitative estimate of drug-likeness (QED) is 0.575. The molecule has 0 amide bonds. The lowest BCUT2D eigenvalue weighted by molar-refractivity contribution is 0.102. The first-order chi connectivity index (χ1) is 13.0. The number of hydrogen-bond donors (Lipinski definition) is 0. The molecule has 0 saturated carbocycles. The standard InChI is InChI=1S/C22H23BrO4/c1-5-13-10-15(20(24)17-9-7-6-8-16(13)17)11-14-12-18(25-2)21(26-3)22(27-4)19(14)23/h6-9,11-13H,5,10H2,1-4H3/b15-11+. The van der Waals surface area contributed by atoms with E-state index in [4.69, 9.17) is 14.2 Å². The zero-order chi connectivity index (χ0) is 19.6. The number of carbonyl (C=O) groups excluding carboxylic acids is 1. The maximum Gasteiger partial charge on any atom is 0.204 e. The molecule has 5 heteroatoms. The number of carbonyl (C=O) groups is 1. The van der Waals surface area contributed by atoms with Gasteiger partial charge in [-0.1, -0.05) is 31.2 Å². The Kier molecular flexibility index (Phi) is 5.90. The fourth-order valence-electron chi connectivity index (χ4n) is 3.62. The van der Waals surface area contributed by atoms with Crippen molar-refractivity contribution in [3.63, 3.8) is 0 Å². The summed E-state index contributed by atoms with van der Waals surface area (Å²) in [5.74, 6) is 2.03. The highest BCUT2D eigenvalue weighted by molar-refractivity contribution is 9.10. The number of allylic oxidation sites excluding steroid dienone is 1. The molecule has 1 unspecified atom stereocenters. The van der Waals surface area contributed by atoms with Crippen LogP contribution in [0, 0.1) is 0 Å². The Morgan fingerprint density at radius 2 is 1.81 bits per heavy atom. The van der Waals surface area contributed by atoms with Crippen LogP contribution in [0.25, 0.3) is 6.08 Å². The van der Waals surface area contributed by atoms with Crippen molar-refractivity contribution in [2.45, 2.75) is 25.7 Å². The molecule has 142 valence electrons. The molecular weight excluding hydrogens is 408 g/mol. The Hall–Kier alpha value is -2.27. The molecule has 0 N–H and O–H groups in total. The largest absolute Gasteiger partial charge is 0.493 e. The number of ether oxygens (including phenoxy) is 3. The summed E-state index contributed by atoms with van der Waals surface area (Å²) in [4.78, 5) is 13.1. The number of rotatable bonds is 5. The molecule has 1 aliphatic rings. The van der Waals surface area contributed by atoms with Gasteiger partial charge in [-0.2, -0.15) is 0 Å². The number of ketones is 1. The molecule has 0 aromatic heterocycles. The van der Waals surface area contributed by atoms with Crippen molar-refractivity contribution < 1.29 is 19.0 Å². The van der Waals surface area contributed by atoms with Gasteiger partial charge in [0, 0.05) is 11.1 Å². The van der Waals surface area contributed by atoms with E-state index >= 15 is 0 Å². The molecule has 0 radical (unpaired) electrons. The van der Waals surface area contributed by atoms with Crippen LogP contribution in [0.2, 0.25) is 0 Å². The lowest BCUT2D eigenvalue weighted by atomic mass is 9.77. The van der Waals surface area contributed by atoms with Crippen LogP contribution in [0.1, 0.15) is 47.2 Å². The maximum absolute atomic E-state index is 13.1. The highest BCUT2D eigenvalue weighted by Crippen LogP contribution is 2.46. The molecule has 3 rings (SSSR count). The fourth-order valence-corrected chi connectivity index (χ4v) is 4.19. The van der Waals surface area contributed by atoms with Gasteiger partial charge in [-0.15, -0.1) is 0 Å². The normalized spacial score (nSPS) is 17.6. The smallest absolute Gasteiger partial charge is 0.204 e. The third-order valence-corrected chi connectivity index (χ3v) is 5.84. The summed E-state index contributed by atoms with van der Waals surface area (Å²) in [5, 5.41) is 0. The van der Waals surface area contributed by atoms with Gasteiger partial charge in [0.05, 0.1) is 25.8 Å². The minimum Gasteiger partial charge on any atom is -0.493 e. The van der Waals surface area contributed by atoms with Crippen molar-refractivity contribution >= 4 is 27.8 Å². The van der Waals surface area contributed by atoms with Crippen LogP contribution in [0.15, 0.2) is 40.4 Å². The van der Waals surface area contributed by atoms with Gasteiger partial charge in [0.15, 0.2) is 17.3 Å². The highest BCUT2D eigenvalue weighted by Gasteiger charge is 2.28. The molecule has 0 spiro atoms. The Labute approximate surface area is 168 Å². The van der Waals surface area contributed by atoms with Gasteiger partial charge in [0.25, 0.3) is 0 Å². The van der Waals surface area contributed by atoms with Gasteiger partial charge in [0.1, 0.15) is 0 Å². The minimum atomic E-state index is 0.0796. The first-order valence-electron chi connectivity index (χ1n) is 8.88. The molecule has 27 heavy (non-hydrogen) atoms. The Morgan fingerprint density at radius 1 is 1.11 bits per heavy atom. The summed E-state index contributed by atoms with van der Waals surface area (Å²) in [7, 11) is 4.73. The van der Waals surface area contributed by atoms with Crippen molar-refractivity contribution in [1.29, 1.82) is 0 Å². The van der Waals surface area contributed by atoms with E-state index in [9.17, 15) is 4.79 Å². The number of hydrogen-bond acceptors (Lipinski definition) is 4. The molecule has 2 aromatic carbocycles. The van der Waals surface area contributed by atoms with E-state index in [0.29, 0.717) is 23.2 Å². The molecule has 2 aromatic rings. The maximum atomic E-state index is 13.1. The van der Waals surface area contributed by atoms with Crippen LogP contribution in [-0.2, 0) is 0 Å². The van der Waals surface area contributed by atoms with Crippen LogP contribution in [-0.4, -0.2) is 27.1 Å². The van der Waals surface area contributed by atoms with E-state index < -0.39 is 0 Å². The molecular formula is C22H23BrO4. The molecule has 0 saturated heterocycles. The predicted octanol–water partition coefficient (Wildman–Crippen LogP) is 5.64. The number of benzene rings is 2. The average Bonchev–Trinajstić information content (AvgIpc) is 2.70.